The first-order chi connectivity index (χ1) is 8.13. The minimum absolute atomic E-state index is 0.352. The van der Waals surface area contributed by atoms with E-state index in [0.29, 0.717) is 22.1 Å². The van der Waals surface area contributed by atoms with Gasteiger partial charge in [-0.15, -0.1) is 0 Å². The highest BCUT2D eigenvalue weighted by Crippen LogP contribution is 2.24. The van der Waals surface area contributed by atoms with Crippen molar-refractivity contribution in [3.05, 3.63) is 40.9 Å². The third-order valence-electron chi connectivity index (χ3n) is 2.23. The summed E-state index contributed by atoms with van der Waals surface area (Å²) in [5, 5.41) is 4.55. The van der Waals surface area contributed by atoms with Crippen LogP contribution in [0, 0.1) is 6.92 Å². The van der Waals surface area contributed by atoms with Crippen molar-refractivity contribution in [2.75, 3.05) is 7.11 Å². The van der Waals surface area contributed by atoms with Crippen molar-refractivity contribution in [1.29, 1.82) is 0 Å². The average molecular weight is 252 g/mol. The van der Waals surface area contributed by atoms with E-state index >= 15 is 0 Å². The summed E-state index contributed by atoms with van der Waals surface area (Å²) in [4.78, 5) is 15.6. The van der Waals surface area contributed by atoms with Crippen LogP contribution in [0.5, 0.6) is 0 Å². The van der Waals surface area contributed by atoms with Crippen LogP contribution in [-0.4, -0.2) is 27.8 Å². The normalized spacial score (nSPS) is 10.3. The third-order valence-corrected chi connectivity index (χ3v) is 2.53. The molecule has 0 bridgehead atoms. The smallest absolute Gasteiger partial charge is 0.340 e. The maximum atomic E-state index is 11.6. The molecule has 0 fully saturated rings. The first-order valence-electron chi connectivity index (χ1n) is 4.89. The first-order valence-corrected chi connectivity index (χ1v) is 5.26. The largest absolute Gasteiger partial charge is 0.465 e. The Bertz CT molecular complexity index is 566. The van der Waals surface area contributed by atoms with E-state index in [1.165, 1.54) is 18.1 Å². The molecule has 0 radical (unpaired) electrons. The van der Waals surface area contributed by atoms with E-state index in [-0.39, 0.29) is 0 Å². The number of carbonyl (C=O) groups is 1. The van der Waals surface area contributed by atoms with Crippen LogP contribution in [0.25, 0.3) is 5.69 Å². The van der Waals surface area contributed by atoms with Gasteiger partial charge in [0.05, 0.1) is 23.4 Å². The second-order valence-electron chi connectivity index (χ2n) is 3.36. The van der Waals surface area contributed by atoms with Crippen LogP contribution in [0.3, 0.4) is 0 Å². The molecular formula is C11H10ClN3O2. The molecule has 2 rings (SSSR count). The minimum Gasteiger partial charge on any atom is -0.465 e. The number of aromatic nitrogens is 3. The van der Waals surface area contributed by atoms with Gasteiger partial charge in [0.25, 0.3) is 0 Å². The van der Waals surface area contributed by atoms with Gasteiger partial charge in [-0.1, -0.05) is 17.7 Å². The lowest BCUT2D eigenvalue weighted by Gasteiger charge is -2.08. The van der Waals surface area contributed by atoms with Crippen molar-refractivity contribution in [1.82, 2.24) is 14.8 Å². The maximum absolute atomic E-state index is 11.6. The highest BCUT2D eigenvalue weighted by molar-refractivity contribution is 6.33. The van der Waals surface area contributed by atoms with Gasteiger partial charge in [0, 0.05) is 0 Å². The van der Waals surface area contributed by atoms with E-state index in [0.717, 1.165) is 0 Å². The number of ether oxygens (including phenoxy) is 1. The van der Waals surface area contributed by atoms with E-state index in [9.17, 15) is 4.79 Å². The molecule has 0 aliphatic heterocycles. The Morgan fingerprint density at radius 1 is 1.47 bits per heavy atom. The summed E-state index contributed by atoms with van der Waals surface area (Å²) in [5.41, 5.74) is 0.825. The number of benzene rings is 1. The van der Waals surface area contributed by atoms with Gasteiger partial charge < -0.3 is 4.74 Å². The number of aryl methyl sites for hydroxylation is 1. The van der Waals surface area contributed by atoms with Gasteiger partial charge in [-0.05, 0) is 19.1 Å². The Balaban J connectivity index is 2.63. The van der Waals surface area contributed by atoms with Crippen LogP contribution in [0.1, 0.15) is 16.2 Å². The maximum Gasteiger partial charge on any atom is 0.340 e. The van der Waals surface area contributed by atoms with E-state index in [1.54, 1.807) is 25.1 Å². The number of nitrogens with zero attached hydrogens (tertiary/aromatic N) is 3. The molecule has 1 aromatic carbocycles. The Labute approximate surface area is 103 Å². The molecule has 0 N–H and O–H groups in total. The number of hydrogen-bond acceptors (Lipinski definition) is 4. The minimum atomic E-state index is -0.462. The zero-order valence-corrected chi connectivity index (χ0v) is 10.1. The highest BCUT2D eigenvalue weighted by atomic mass is 35.5. The number of rotatable bonds is 2. The zero-order chi connectivity index (χ0) is 12.4. The van der Waals surface area contributed by atoms with Crippen molar-refractivity contribution in [2.45, 2.75) is 6.92 Å². The van der Waals surface area contributed by atoms with Crippen LogP contribution in [0.2, 0.25) is 5.02 Å². The molecule has 0 saturated carbocycles. The monoisotopic (exact) mass is 251 g/mol. The second-order valence-corrected chi connectivity index (χ2v) is 3.77. The van der Waals surface area contributed by atoms with Crippen molar-refractivity contribution >= 4 is 17.6 Å². The molecule has 0 spiro atoms. The lowest BCUT2D eigenvalue weighted by Crippen LogP contribution is -2.09. The lowest BCUT2D eigenvalue weighted by atomic mass is 10.2. The SMILES string of the molecule is COC(=O)c1cccc(Cl)c1-n1cnc(C)n1. The molecule has 6 heteroatoms. The van der Waals surface area contributed by atoms with E-state index in [4.69, 9.17) is 16.3 Å². The Kier molecular flexibility index (Phi) is 3.10. The van der Waals surface area contributed by atoms with Crippen LogP contribution >= 0.6 is 11.6 Å². The number of halogens is 1. The second kappa shape index (κ2) is 4.55. The third kappa shape index (κ3) is 2.14. The van der Waals surface area contributed by atoms with Crippen LogP contribution in [0.4, 0.5) is 0 Å². The fourth-order valence-electron chi connectivity index (χ4n) is 1.48. The Morgan fingerprint density at radius 2 is 2.24 bits per heavy atom. The first kappa shape index (κ1) is 11.6. The molecule has 0 saturated heterocycles. The van der Waals surface area contributed by atoms with Gasteiger partial charge in [0.2, 0.25) is 0 Å². The summed E-state index contributed by atoms with van der Waals surface area (Å²) >= 11 is 6.08. The molecular weight excluding hydrogens is 242 g/mol. The van der Waals surface area contributed by atoms with Crippen molar-refractivity contribution in [3.8, 4) is 5.69 Å². The van der Waals surface area contributed by atoms with E-state index < -0.39 is 5.97 Å². The molecule has 0 amide bonds. The summed E-state index contributed by atoms with van der Waals surface area (Å²) < 4.78 is 6.16. The Morgan fingerprint density at radius 3 is 2.82 bits per heavy atom. The number of esters is 1. The molecule has 5 nitrogen and oxygen atoms in total. The van der Waals surface area contributed by atoms with Crippen LogP contribution in [-0.2, 0) is 4.74 Å². The molecule has 1 aromatic heterocycles. The van der Waals surface area contributed by atoms with Gasteiger partial charge in [-0.2, -0.15) is 5.10 Å². The van der Waals surface area contributed by atoms with Crippen molar-refractivity contribution in [3.63, 3.8) is 0 Å². The van der Waals surface area contributed by atoms with Gasteiger partial charge in [-0.3, -0.25) is 0 Å². The number of methoxy groups -OCH3 is 1. The molecule has 0 unspecified atom stereocenters. The summed E-state index contributed by atoms with van der Waals surface area (Å²) in [7, 11) is 1.32. The number of hydrogen-bond donors (Lipinski definition) is 0. The highest BCUT2D eigenvalue weighted by Gasteiger charge is 2.17. The molecule has 88 valence electrons. The zero-order valence-electron chi connectivity index (χ0n) is 9.35. The van der Waals surface area contributed by atoms with Crippen LogP contribution < -0.4 is 0 Å². The molecule has 1 heterocycles. The van der Waals surface area contributed by atoms with Gasteiger partial charge in [-0.25, -0.2) is 14.5 Å². The molecule has 0 atom stereocenters. The summed E-state index contributed by atoms with van der Waals surface area (Å²) in [6, 6.07) is 4.99. The quantitative estimate of drug-likeness (QED) is 0.766. The van der Waals surface area contributed by atoms with Crippen LogP contribution in [0.15, 0.2) is 24.5 Å². The predicted octanol–water partition coefficient (Wildman–Crippen LogP) is 2.02. The van der Waals surface area contributed by atoms with E-state index in [1.807, 2.05) is 0 Å². The van der Waals surface area contributed by atoms with Crippen molar-refractivity contribution in [2.24, 2.45) is 0 Å². The van der Waals surface area contributed by atoms with Crippen molar-refractivity contribution < 1.29 is 9.53 Å². The standard InChI is InChI=1S/C11H10ClN3O2/c1-7-13-6-15(14-7)10-8(11(16)17-2)4-3-5-9(10)12/h3-6H,1-2H3. The van der Waals surface area contributed by atoms with E-state index in [2.05, 4.69) is 10.1 Å². The number of carbonyl (C=O) groups excluding carboxylic acids is 1. The number of para-hydroxylation sites is 1. The lowest BCUT2D eigenvalue weighted by molar-refractivity contribution is 0.0600. The molecule has 17 heavy (non-hydrogen) atoms. The molecule has 0 aliphatic rings. The fraction of sp³-hybridized carbons (Fsp3) is 0.182. The van der Waals surface area contributed by atoms with Gasteiger partial charge in [0.15, 0.2) is 0 Å². The Hall–Kier alpha value is -1.88. The fourth-order valence-corrected chi connectivity index (χ4v) is 1.74. The van der Waals surface area contributed by atoms with Gasteiger partial charge in [0.1, 0.15) is 12.2 Å². The van der Waals surface area contributed by atoms with Gasteiger partial charge >= 0.3 is 5.97 Å². The summed E-state index contributed by atoms with van der Waals surface area (Å²) in [6.07, 6.45) is 1.50. The summed E-state index contributed by atoms with van der Waals surface area (Å²) in [5.74, 6) is 0.136. The molecule has 0 aliphatic carbocycles. The molecule has 2 aromatic rings. The predicted molar refractivity (Wildman–Crippen MR) is 62.4 cm³/mol. The summed E-state index contributed by atoms with van der Waals surface area (Å²) in [6.45, 7) is 1.76. The topological polar surface area (TPSA) is 57.0 Å². The average Bonchev–Trinajstić information content (AvgIpc) is 2.74.